The third kappa shape index (κ3) is 5.21. The maximum atomic E-state index is 12.5. The first kappa shape index (κ1) is 18.2. The summed E-state index contributed by atoms with van der Waals surface area (Å²) in [4.78, 5) is 21.2. The number of carbonyl (C=O) groups is 1. The molecular formula is C19H33N5O. The number of urea groups is 1. The molecule has 1 atom stereocenters. The summed E-state index contributed by atoms with van der Waals surface area (Å²) in [6.45, 7) is 10.4. The van der Waals surface area contributed by atoms with E-state index in [1.165, 1.54) is 19.3 Å². The molecular weight excluding hydrogens is 314 g/mol. The summed E-state index contributed by atoms with van der Waals surface area (Å²) in [5.41, 5.74) is 0. The lowest BCUT2D eigenvalue weighted by Gasteiger charge is -2.36. The lowest BCUT2D eigenvalue weighted by Crippen LogP contribution is -2.48. The molecule has 2 aliphatic rings. The van der Waals surface area contributed by atoms with Gasteiger partial charge in [0.15, 0.2) is 0 Å². The van der Waals surface area contributed by atoms with E-state index in [1.807, 2.05) is 23.6 Å². The van der Waals surface area contributed by atoms with E-state index < -0.39 is 0 Å². The number of aromatic nitrogens is 2. The monoisotopic (exact) mass is 347 g/mol. The lowest BCUT2D eigenvalue weighted by atomic mass is 9.96. The Hall–Kier alpha value is -1.56. The van der Waals surface area contributed by atoms with E-state index in [0.29, 0.717) is 17.9 Å². The van der Waals surface area contributed by atoms with Crippen LogP contribution in [0.5, 0.6) is 0 Å². The zero-order valence-electron chi connectivity index (χ0n) is 15.7. The number of amides is 2. The molecule has 3 heterocycles. The average Bonchev–Trinajstić information content (AvgIpc) is 3.13. The Balaban J connectivity index is 1.39. The van der Waals surface area contributed by atoms with Gasteiger partial charge in [0, 0.05) is 44.6 Å². The van der Waals surface area contributed by atoms with E-state index in [-0.39, 0.29) is 6.03 Å². The summed E-state index contributed by atoms with van der Waals surface area (Å²) in [5.74, 6) is 1.16. The van der Waals surface area contributed by atoms with E-state index in [2.05, 4.69) is 33.6 Å². The topological polar surface area (TPSA) is 53.4 Å². The van der Waals surface area contributed by atoms with Gasteiger partial charge in [0.05, 0.1) is 6.33 Å². The number of hydrogen-bond acceptors (Lipinski definition) is 3. The Morgan fingerprint density at radius 1 is 1.20 bits per heavy atom. The van der Waals surface area contributed by atoms with Crippen LogP contribution < -0.4 is 5.32 Å². The molecule has 0 aromatic carbocycles. The van der Waals surface area contributed by atoms with E-state index >= 15 is 0 Å². The van der Waals surface area contributed by atoms with Gasteiger partial charge in [-0.3, -0.25) is 0 Å². The third-order valence-electron chi connectivity index (χ3n) is 5.76. The van der Waals surface area contributed by atoms with Gasteiger partial charge in [0.1, 0.15) is 0 Å². The first-order chi connectivity index (χ1) is 12.1. The Kier molecular flexibility index (Phi) is 6.34. The molecule has 0 spiro atoms. The van der Waals surface area contributed by atoms with Crippen LogP contribution in [0.1, 0.15) is 39.5 Å². The summed E-state index contributed by atoms with van der Waals surface area (Å²) in [7, 11) is 0. The Bertz CT molecular complexity index is 522. The number of hydrogen-bond donors (Lipinski definition) is 1. The molecule has 0 aliphatic carbocycles. The molecule has 140 valence electrons. The van der Waals surface area contributed by atoms with Gasteiger partial charge in [-0.25, -0.2) is 9.78 Å². The van der Waals surface area contributed by atoms with Crippen LogP contribution in [0.15, 0.2) is 18.7 Å². The number of carbonyl (C=O) groups excluding carboxylic acids is 1. The number of nitrogens with zero attached hydrogens (tertiary/aromatic N) is 4. The zero-order chi connectivity index (χ0) is 17.6. The van der Waals surface area contributed by atoms with Gasteiger partial charge in [0.2, 0.25) is 0 Å². The number of piperidine rings is 2. The van der Waals surface area contributed by atoms with Crippen molar-refractivity contribution in [3.05, 3.63) is 18.7 Å². The number of nitrogens with one attached hydrogen (secondary N) is 1. The van der Waals surface area contributed by atoms with Crippen molar-refractivity contribution in [2.75, 3.05) is 32.7 Å². The molecule has 6 heteroatoms. The SMILES string of the molecule is CC(C)N1CCC(CNC(=O)N2CCC[C@@H](Cn3ccnc3)C2)CC1. The van der Waals surface area contributed by atoms with Crippen molar-refractivity contribution >= 4 is 6.03 Å². The maximum absolute atomic E-state index is 12.5. The molecule has 1 aromatic heterocycles. The second kappa shape index (κ2) is 8.70. The minimum absolute atomic E-state index is 0.127. The highest BCUT2D eigenvalue weighted by Gasteiger charge is 2.25. The maximum Gasteiger partial charge on any atom is 0.317 e. The minimum atomic E-state index is 0.127. The molecule has 3 rings (SSSR count). The normalized spacial score (nSPS) is 23.2. The van der Waals surface area contributed by atoms with Crippen LogP contribution in [-0.4, -0.2) is 64.1 Å². The zero-order valence-corrected chi connectivity index (χ0v) is 15.7. The standard InChI is InChI=1S/C19H33N5O/c1-16(2)23-9-5-17(6-10-23)12-21-19(25)24-8-3-4-18(14-24)13-22-11-7-20-15-22/h7,11,15-18H,3-6,8-10,12-14H2,1-2H3,(H,21,25)/t18-/m0/s1. The van der Waals surface area contributed by atoms with Gasteiger partial charge in [-0.2, -0.15) is 0 Å². The van der Waals surface area contributed by atoms with Crippen molar-refractivity contribution in [1.29, 1.82) is 0 Å². The van der Waals surface area contributed by atoms with Gasteiger partial charge in [0.25, 0.3) is 0 Å². The highest BCUT2D eigenvalue weighted by atomic mass is 16.2. The second-order valence-electron chi connectivity index (χ2n) is 7.97. The molecule has 1 aromatic rings. The van der Waals surface area contributed by atoms with Gasteiger partial charge < -0.3 is 19.7 Å². The molecule has 0 bridgehead atoms. The van der Waals surface area contributed by atoms with Crippen molar-refractivity contribution in [1.82, 2.24) is 24.7 Å². The lowest BCUT2D eigenvalue weighted by molar-refractivity contribution is 0.139. The fourth-order valence-electron chi connectivity index (χ4n) is 4.11. The van der Waals surface area contributed by atoms with E-state index in [4.69, 9.17) is 0 Å². The second-order valence-corrected chi connectivity index (χ2v) is 7.97. The van der Waals surface area contributed by atoms with Crippen LogP contribution in [0, 0.1) is 11.8 Å². The molecule has 2 saturated heterocycles. The predicted molar refractivity (Wildman–Crippen MR) is 99.4 cm³/mol. The number of rotatable bonds is 5. The Morgan fingerprint density at radius 3 is 2.68 bits per heavy atom. The fourth-order valence-corrected chi connectivity index (χ4v) is 4.11. The minimum Gasteiger partial charge on any atom is -0.338 e. The van der Waals surface area contributed by atoms with Crippen LogP contribution in [0.3, 0.4) is 0 Å². The summed E-state index contributed by atoms with van der Waals surface area (Å²) in [5, 5.41) is 3.19. The van der Waals surface area contributed by atoms with Crippen LogP contribution in [0.2, 0.25) is 0 Å². The van der Waals surface area contributed by atoms with Crippen molar-refractivity contribution in [2.24, 2.45) is 11.8 Å². The first-order valence-corrected chi connectivity index (χ1v) is 9.84. The molecule has 6 nitrogen and oxygen atoms in total. The van der Waals surface area contributed by atoms with Crippen LogP contribution >= 0.6 is 0 Å². The van der Waals surface area contributed by atoms with Crippen molar-refractivity contribution in [3.8, 4) is 0 Å². The highest BCUT2D eigenvalue weighted by Crippen LogP contribution is 2.20. The summed E-state index contributed by atoms with van der Waals surface area (Å²) in [6, 6.07) is 0.762. The fraction of sp³-hybridized carbons (Fsp3) is 0.789. The molecule has 0 saturated carbocycles. The third-order valence-corrected chi connectivity index (χ3v) is 5.76. The quantitative estimate of drug-likeness (QED) is 0.890. The number of likely N-dealkylation sites (tertiary alicyclic amines) is 2. The van der Waals surface area contributed by atoms with Crippen molar-refractivity contribution in [2.45, 2.75) is 52.1 Å². The molecule has 2 aliphatic heterocycles. The largest absolute Gasteiger partial charge is 0.338 e. The number of imidazole rings is 1. The highest BCUT2D eigenvalue weighted by molar-refractivity contribution is 5.74. The molecule has 25 heavy (non-hydrogen) atoms. The van der Waals surface area contributed by atoms with Crippen LogP contribution in [-0.2, 0) is 6.54 Å². The predicted octanol–water partition coefficient (Wildman–Crippen LogP) is 2.43. The smallest absolute Gasteiger partial charge is 0.317 e. The van der Waals surface area contributed by atoms with Gasteiger partial charge in [-0.15, -0.1) is 0 Å². The van der Waals surface area contributed by atoms with Crippen LogP contribution in [0.25, 0.3) is 0 Å². The summed E-state index contributed by atoms with van der Waals surface area (Å²) >= 11 is 0. The van der Waals surface area contributed by atoms with Gasteiger partial charge in [-0.05, 0) is 64.5 Å². The Morgan fingerprint density at radius 2 is 2.00 bits per heavy atom. The molecule has 2 fully saturated rings. The molecule has 0 radical (unpaired) electrons. The Labute approximate surface area is 151 Å². The summed E-state index contributed by atoms with van der Waals surface area (Å²) in [6.07, 6.45) is 10.4. The summed E-state index contributed by atoms with van der Waals surface area (Å²) < 4.78 is 2.12. The van der Waals surface area contributed by atoms with Gasteiger partial charge in [-0.1, -0.05) is 0 Å². The van der Waals surface area contributed by atoms with Crippen LogP contribution in [0.4, 0.5) is 4.79 Å². The van der Waals surface area contributed by atoms with Crippen molar-refractivity contribution < 1.29 is 4.79 Å². The van der Waals surface area contributed by atoms with E-state index in [0.717, 1.165) is 45.7 Å². The van der Waals surface area contributed by atoms with E-state index in [1.54, 1.807) is 0 Å². The van der Waals surface area contributed by atoms with E-state index in [9.17, 15) is 4.79 Å². The first-order valence-electron chi connectivity index (χ1n) is 9.84. The average molecular weight is 348 g/mol. The van der Waals surface area contributed by atoms with Gasteiger partial charge >= 0.3 is 6.03 Å². The molecule has 0 unspecified atom stereocenters. The molecule has 2 amide bonds. The molecule has 1 N–H and O–H groups in total. The van der Waals surface area contributed by atoms with Crippen molar-refractivity contribution in [3.63, 3.8) is 0 Å².